The Morgan fingerprint density at radius 3 is 3.05 bits per heavy atom. The molecule has 4 heteroatoms. The molecule has 1 aromatic heterocycles. The van der Waals surface area contributed by atoms with Gasteiger partial charge >= 0.3 is 0 Å². The highest BCUT2D eigenvalue weighted by molar-refractivity contribution is 5.41. The zero-order valence-electron chi connectivity index (χ0n) is 13.4. The second-order valence-corrected chi connectivity index (χ2v) is 6.23. The van der Waals surface area contributed by atoms with Gasteiger partial charge in [-0.25, -0.2) is 0 Å². The molecule has 2 unspecified atom stereocenters. The fourth-order valence-electron chi connectivity index (χ4n) is 3.10. The van der Waals surface area contributed by atoms with Crippen LogP contribution >= 0.6 is 0 Å². The van der Waals surface area contributed by atoms with Crippen LogP contribution in [0, 0.1) is 0 Å². The quantitative estimate of drug-likeness (QED) is 0.847. The van der Waals surface area contributed by atoms with Gasteiger partial charge in [0.2, 0.25) is 0 Å². The van der Waals surface area contributed by atoms with Gasteiger partial charge in [-0.15, -0.1) is 0 Å². The van der Waals surface area contributed by atoms with Gasteiger partial charge in [0.25, 0.3) is 5.56 Å². The summed E-state index contributed by atoms with van der Waals surface area (Å²) in [4.78, 5) is 11.7. The molecule has 118 valence electrons. The number of hydrogen-bond acceptors (Lipinski definition) is 3. The minimum Gasteiger partial charge on any atom is -0.381 e. The van der Waals surface area contributed by atoms with Crippen molar-refractivity contribution >= 4 is 5.69 Å². The highest BCUT2D eigenvalue weighted by Gasteiger charge is 2.14. The van der Waals surface area contributed by atoms with E-state index in [-0.39, 0.29) is 5.56 Å². The predicted molar refractivity (Wildman–Crippen MR) is 89.0 cm³/mol. The maximum atomic E-state index is 11.7. The Labute approximate surface area is 127 Å². The van der Waals surface area contributed by atoms with Crippen molar-refractivity contribution in [3.63, 3.8) is 0 Å². The molecule has 1 fully saturated rings. The largest absolute Gasteiger partial charge is 0.381 e. The Morgan fingerprint density at radius 1 is 1.38 bits per heavy atom. The number of aromatic nitrogens is 1. The molecule has 0 bridgehead atoms. The van der Waals surface area contributed by atoms with Gasteiger partial charge in [-0.05, 0) is 45.2 Å². The van der Waals surface area contributed by atoms with Crippen LogP contribution in [0.2, 0.25) is 0 Å². The molecule has 0 aliphatic carbocycles. The maximum Gasteiger partial charge on any atom is 0.250 e. The zero-order chi connectivity index (χ0) is 15.1. The van der Waals surface area contributed by atoms with E-state index in [0.29, 0.717) is 12.1 Å². The Hall–Kier alpha value is -1.29. The topological polar surface area (TPSA) is 46.1 Å². The molecular weight excluding hydrogens is 262 g/mol. The van der Waals surface area contributed by atoms with Gasteiger partial charge in [0.05, 0.1) is 5.69 Å². The number of nitrogens with zero attached hydrogens (tertiary/aromatic N) is 1. The zero-order valence-corrected chi connectivity index (χ0v) is 13.4. The summed E-state index contributed by atoms with van der Waals surface area (Å²) in [5.74, 6) is 0. The summed E-state index contributed by atoms with van der Waals surface area (Å²) in [6, 6.07) is 4.59. The van der Waals surface area contributed by atoms with Crippen LogP contribution in [-0.2, 0) is 6.54 Å². The van der Waals surface area contributed by atoms with E-state index in [1.807, 2.05) is 12.3 Å². The molecule has 2 atom stereocenters. The average molecular weight is 291 g/mol. The SMILES string of the molecule is CCCn1cc(NC(C)CC2CCCCCN2)ccc1=O. The fourth-order valence-corrected chi connectivity index (χ4v) is 3.10. The van der Waals surface area contributed by atoms with E-state index in [0.717, 1.165) is 31.6 Å². The summed E-state index contributed by atoms with van der Waals surface area (Å²) in [5.41, 5.74) is 1.13. The van der Waals surface area contributed by atoms with Crippen LogP contribution in [0.5, 0.6) is 0 Å². The number of aryl methyl sites for hydroxylation is 1. The van der Waals surface area contributed by atoms with E-state index in [9.17, 15) is 4.79 Å². The lowest BCUT2D eigenvalue weighted by Crippen LogP contribution is -2.33. The highest BCUT2D eigenvalue weighted by Crippen LogP contribution is 2.15. The Bertz CT molecular complexity index is 475. The number of rotatable bonds is 6. The fraction of sp³-hybridized carbons (Fsp3) is 0.706. The minimum absolute atomic E-state index is 0.0838. The van der Waals surface area contributed by atoms with Gasteiger partial charge < -0.3 is 15.2 Å². The van der Waals surface area contributed by atoms with E-state index < -0.39 is 0 Å². The van der Waals surface area contributed by atoms with Crippen LogP contribution in [-0.4, -0.2) is 23.2 Å². The summed E-state index contributed by atoms with van der Waals surface area (Å²) in [6.45, 7) is 6.25. The highest BCUT2D eigenvalue weighted by atomic mass is 16.1. The summed E-state index contributed by atoms with van der Waals surface area (Å²) in [7, 11) is 0. The van der Waals surface area contributed by atoms with Crippen molar-refractivity contribution in [2.45, 2.75) is 71.0 Å². The van der Waals surface area contributed by atoms with Crippen molar-refractivity contribution in [3.05, 3.63) is 28.7 Å². The van der Waals surface area contributed by atoms with Crippen LogP contribution in [0.15, 0.2) is 23.1 Å². The van der Waals surface area contributed by atoms with Crippen molar-refractivity contribution in [2.75, 3.05) is 11.9 Å². The second kappa shape index (κ2) is 8.23. The van der Waals surface area contributed by atoms with Crippen LogP contribution in [0.3, 0.4) is 0 Å². The number of pyridine rings is 1. The van der Waals surface area contributed by atoms with E-state index in [2.05, 4.69) is 24.5 Å². The van der Waals surface area contributed by atoms with E-state index in [1.54, 1.807) is 10.6 Å². The maximum absolute atomic E-state index is 11.7. The van der Waals surface area contributed by atoms with Gasteiger partial charge in [-0.2, -0.15) is 0 Å². The van der Waals surface area contributed by atoms with Gasteiger partial charge in [0, 0.05) is 30.9 Å². The molecule has 2 heterocycles. The lowest BCUT2D eigenvalue weighted by molar-refractivity contribution is 0.456. The first kappa shape index (κ1) is 16.1. The van der Waals surface area contributed by atoms with Crippen LogP contribution in [0.4, 0.5) is 5.69 Å². The predicted octanol–water partition coefficient (Wildman–Crippen LogP) is 2.98. The molecule has 1 aromatic rings. The molecule has 0 amide bonds. The average Bonchev–Trinajstić information content (AvgIpc) is 2.71. The Balaban J connectivity index is 1.90. The molecule has 0 radical (unpaired) electrons. The smallest absolute Gasteiger partial charge is 0.250 e. The number of hydrogen-bond donors (Lipinski definition) is 2. The van der Waals surface area contributed by atoms with Gasteiger partial charge in [-0.3, -0.25) is 4.79 Å². The molecule has 2 rings (SSSR count). The van der Waals surface area contributed by atoms with Crippen molar-refractivity contribution < 1.29 is 0 Å². The third kappa shape index (κ3) is 5.20. The van der Waals surface area contributed by atoms with E-state index in [1.165, 1.54) is 25.7 Å². The normalized spacial score (nSPS) is 20.8. The van der Waals surface area contributed by atoms with Crippen LogP contribution < -0.4 is 16.2 Å². The van der Waals surface area contributed by atoms with Gasteiger partial charge in [-0.1, -0.05) is 19.8 Å². The standard InChI is InChI=1S/C17H29N3O/c1-3-11-20-13-16(8-9-17(20)21)19-14(2)12-15-7-5-4-6-10-18-15/h8-9,13-15,18-19H,3-7,10-12H2,1-2H3. The second-order valence-electron chi connectivity index (χ2n) is 6.23. The Morgan fingerprint density at radius 2 is 2.24 bits per heavy atom. The molecule has 0 saturated carbocycles. The summed E-state index contributed by atoms with van der Waals surface area (Å²) in [6.07, 6.45) is 9.33. The third-order valence-electron chi connectivity index (χ3n) is 4.16. The third-order valence-corrected chi connectivity index (χ3v) is 4.16. The summed E-state index contributed by atoms with van der Waals surface area (Å²) < 4.78 is 1.79. The molecule has 1 aliphatic heterocycles. The molecule has 0 aromatic carbocycles. The van der Waals surface area contributed by atoms with Crippen molar-refractivity contribution in [3.8, 4) is 0 Å². The van der Waals surface area contributed by atoms with Crippen molar-refractivity contribution in [1.29, 1.82) is 0 Å². The first-order valence-corrected chi connectivity index (χ1v) is 8.39. The molecule has 4 nitrogen and oxygen atoms in total. The van der Waals surface area contributed by atoms with E-state index in [4.69, 9.17) is 0 Å². The molecule has 21 heavy (non-hydrogen) atoms. The lowest BCUT2D eigenvalue weighted by Gasteiger charge is -2.22. The number of anilines is 1. The first-order chi connectivity index (χ1) is 10.2. The Kier molecular flexibility index (Phi) is 6.30. The first-order valence-electron chi connectivity index (χ1n) is 8.39. The minimum atomic E-state index is 0.0838. The van der Waals surface area contributed by atoms with Gasteiger partial charge in [0.1, 0.15) is 0 Å². The molecule has 2 N–H and O–H groups in total. The summed E-state index contributed by atoms with van der Waals surface area (Å²) in [5, 5.41) is 7.18. The molecule has 0 spiro atoms. The lowest BCUT2D eigenvalue weighted by atomic mass is 10.0. The van der Waals surface area contributed by atoms with Crippen LogP contribution in [0.25, 0.3) is 0 Å². The number of nitrogens with one attached hydrogen (secondary N) is 2. The molecule has 1 saturated heterocycles. The monoisotopic (exact) mass is 291 g/mol. The van der Waals surface area contributed by atoms with Crippen molar-refractivity contribution in [1.82, 2.24) is 9.88 Å². The van der Waals surface area contributed by atoms with Crippen molar-refractivity contribution in [2.24, 2.45) is 0 Å². The molecule has 1 aliphatic rings. The van der Waals surface area contributed by atoms with Gasteiger partial charge in [0.15, 0.2) is 0 Å². The van der Waals surface area contributed by atoms with E-state index >= 15 is 0 Å². The molecular formula is C17H29N3O. The van der Waals surface area contributed by atoms with Crippen LogP contribution in [0.1, 0.15) is 52.4 Å². The summed E-state index contributed by atoms with van der Waals surface area (Å²) >= 11 is 0.